The molecule has 2 unspecified atom stereocenters. The highest BCUT2D eigenvalue weighted by atomic mass is 16.5. The molecule has 8 nitrogen and oxygen atoms in total. The molecule has 3 rings (SSSR count). The van der Waals surface area contributed by atoms with Gasteiger partial charge in [-0.25, -0.2) is 4.68 Å². The van der Waals surface area contributed by atoms with Gasteiger partial charge in [0.15, 0.2) is 0 Å². The van der Waals surface area contributed by atoms with Gasteiger partial charge in [0.2, 0.25) is 5.91 Å². The van der Waals surface area contributed by atoms with Gasteiger partial charge in [0.1, 0.15) is 23.7 Å². The van der Waals surface area contributed by atoms with Crippen LogP contribution in [-0.2, 0) is 25.5 Å². The van der Waals surface area contributed by atoms with Crippen molar-refractivity contribution in [3.63, 3.8) is 0 Å². The fraction of sp³-hybridized carbons (Fsp3) is 0.600. The van der Waals surface area contributed by atoms with Crippen molar-refractivity contribution in [1.29, 1.82) is 0 Å². The van der Waals surface area contributed by atoms with E-state index in [-0.39, 0.29) is 30.4 Å². The molecule has 180 valence electrons. The van der Waals surface area contributed by atoms with E-state index in [1.165, 1.54) is 5.56 Å². The number of hydrogen-bond acceptors (Lipinski definition) is 6. The highest BCUT2D eigenvalue weighted by Gasteiger charge is 2.35. The number of benzene rings is 1. The number of carbonyl (C=O) groups is 2. The number of carbonyl (C=O) groups excluding carboxylic acids is 2. The molecule has 0 radical (unpaired) electrons. The summed E-state index contributed by atoms with van der Waals surface area (Å²) in [7, 11) is 3.23. The van der Waals surface area contributed by atoms with Gasteiger partial charge in [0.05, 0.1) is 11.4 Å². The van der Waals surface area contributed by atoms with E-state index in [9.17, 15) is 9.59 Å². The minimum atomic E-state index is -0.457. The van der Waals surface area contributed by atoms with Crippen molar-refractivity contribution in [3.8, 4) is 5.69 Å². The summed E-state index contributed by atoms with van der Waals surface area (Å²) in [5.41, 5.74) is 3.80. The first-order valence-electron chi connectivity index (χ1n) is 11.7. The summed E-state index contributed by atoms with van der Waals surface area (Å²) >= 11 is 0. The predicted octanol–water partition coefficient (Wildman–Crippen LogP) is 3.48. The van der Waals surface area contributed by atoms with Gasteiger partial charge < -0.3 is 14.4 Å². The maximum atomic E-state index is 13.0. The van der Waals surface area contributed by atoms with Crippen LogP contribution in [0.15, 0.2) is 24.3 Å². The average molecular weight is 457 g/mol. The second-order valence-electron chi connectivity index (χ2n) is 9.22. The number of Topliss-reactive ketones (excluding diaryl/α,β-unsaturated/α-hetero) is 1. The van der Waals surface area contributed by atoms with Crippen molar-refractivity contribution in [2.75, 3.05) is 27.3 Å². The standard InChI is InChI=1S/C25H36N4O4/c1-16(2)18-7-9-19(10-8-18)29-20-13-14-28(23(31)12-11-21(30)17(3)4)15-22(32-5)25(33-6)24(20)26-27-29/h7-10,16-17,22,25H,11-15H2,1-6H3. The number of nitrogens with zero attached hydrogens (tertiary/aromatic N) is 4. The van der Waals surface area contributed by atoms with Crippen LogP contribution >= 0.6 is 0 Å². The van der Waals surface area contributed by atoms with Crippen LogP contribution in [0.4, 0.5) is 0 Å². The monoisotopic (exact) mass is 456 g/mol. The zero-order valence-corrected chi connectivity index (χ0v) is 20.6. The summed E-state index contributed by atoms with van der Waals surface area (Å²) in [6, 6.07) is 8.28. The number of ketones is 1. The summed E-state index contributed by atoms with van der Waals surface area (Å²) in [6.07, 6.45) is 0.181. The van der Waals surface area contributed by atoms with E-state index in [1.54, 1.807) is 19.1 Å². The molecular formula is C25H36N4O4. The fourth-order valence-electron chi connectivity index (χ4n) is 4.16. The van der Waals surface area contributed by atoms with Crippen molar-refractivity contribution in [1.82, 2.24) is 19.9 Å². The van der Waals surface area contributed by atoms with E-state index in [4.69, 9.17) is 9.47 Å². The van der Waals surface area contributed by atoms with Gasteiger partial charge in [-0.3, -0.25) is 9.59 Å². The number of ether oxygens (including phenoxy) is 2. The molecule has 1 aliphatic rings. The van der Waals surface area contributed by atoms with E-state index in [0.29, 0.717) is 25.4 Å². The molecule has 1 aliphatic heterocycles. The van der Waals surface area contributed by atoms with Crippen LogP contribution in [0, 0.1) is 5.92 Å². The van der Waals surface area contributed by atoms with Gasteiger partial charge in [0.25, 0.3) is 0 Å². The minimum absolute atomic E-state index is 0.0512. The fourth-order valence-corrected chi connectivity index (χ4v) is 4.16. The first-order chi connectivity index (χ1) is 15.8. The summed E-state index contributed by atoms with van der Waals surface area (Å²) in [5.74, 6) is 0.422. The lowest BCUT2D eigenvalue weighted by Gasteiger charge is -2.33. The second-order valence-corrected chi connectivity index (χ2v) is 9.22. The van der Waals surface area contributed by atoms with Crippen LogP contribution in [-0.4, -0.2) is 65.0 Å². The van der Waals surface area contributed by atoms with Crippen LogP contribution in [0.2, 0.25) is 0 Å². The molecule has 2 aromatic rings. The normalized spacial score (nSPS) is 18.8. The second kappa shape index (κ2) is 11.0. The Bertz CT molecular complexity index is 952. The molecule has 33 heavy (non-hydrogen) atoms. The molecular weight excluding hydrogens is 420 g/mol. The SMILES string of the molecule is COC1CN(C(=O)CCC(=O)C(C)C)CCc2c(nnn2-c2ccc(C(C)C)cc2)C1OC. The number of methoxy groups -OCH3 is 2. The number of rotatable bonds is 8. The highest BCUT2D eigenvalue weighted by molar-refractivity contribution is 5.86. The first kappa shape index (κ1) is 25.1. The lowest BCUT2D eigenvalue weighted by Crippen LogP contribution is -2.44. The van der Waals surface area contributed by atoms with E-state index < -0.39 is 12.2 Å². The van der Waals surface area contributed by atoms with Crippen LogP contribution in [0.3, 0.4) is 0 Å². The third-order valence-corrected chi connectivity index (χ3v) is 6.36. The van der Waals surface area contributed by atoms with Crippen molar-refractivity contribution in [2.24, 2.45) is 5.92 Å². The van der Waals surface area contributed by atoms with Crippen molar-refractivity contribution in [2.45, 2.75) is 65.1 Å². The molecule has 0 N–H and O–H groups in total. The summed E-state index contributed by atoms with van der Waals surface area (Å²) in [5, 5.41) is 8.88. The Labute approximate surface area is 196 Å². The molecule has 0 saturated heterocycles. The largest absolute Gasteiger partial charge is 0.376 e. The number of fused-ring (bicyclic) bond motifs is 1. The molecule has 0 spiro atoms. The Hall–Kier alpha value is -2.58. The molecule has 1 amide bonds. The van der Waals surface area contributed by atoms with Crippen LogP contribution in [0.5, 0.6) is 0 Å². The van der Waals surface area contributed by atoms with Crippen molar-refractivity contribution < 1.29 is 19.1 Å². The third kappa shape index (κ3) is 5.68. The van der Waals surface area contributed by atoms with E-state index in [1.807, 2.05) is 30.7 Å². The maximum Gasteiger partial charge on any atom is 0.223 e. The van der Waals surface area contributed by atoms with Crippen LogP contribution < -0.4 is 0 Å². The average Bonchev–Trinajstić information content (AvgIpc) is 3.20. The van der Waals surface area contributed by atoms with Crippen LogP contribution in [0.1, 0.15) is 69.5 Å². The zero-order valence-electron chi connectivity index (χ0n) is 20.6. The Morgan fingerprint density at radius 3 is 2.33 bits per heavy atom. The van der Waals surface area contributed by atoms with E-state index >= 15 is 0 Å². The van der Waals surface area contributed by atoms with Gasteiger partial charge in [-0.2, -0.15) is 0 Å². The third-order valence-electron chi connectivity index (χ3n) is 6.36. The quantitative estimate of drug-likeness (QED) is 0.604. The molecule has 8 heteroatoms. The molecule has 0 fully saturated rings. The molecule has 0 bridgehead atoms. The Morgan fingerprint density at radius 1 is 1.06 bits per heavy atom. The molecule has 0 aliphatic carbocycles. The molecule has 1 aromatic heterocycles. The number of aromatic nitrogens is 3. The summed E-state index contributed by atoms with van der Waals surface area (Å²) in [6.45, 7) is 8.91. The van der Waals surface area contributed by atoms with Gasteiger partial charge in [-0.1, -0.05) is 45.0 Å². The van der Waals surface area contributed by atoms with Crippen LogP contribution in [0.25, 0.3) is 5.69 Å². The molecule has 2 heterocycles. The predicted molar refractivity (Wildman–Crippen MR) is 125 cm³/mol. The van der Waals surface area contributed by atoms with Crippen molar-refractivity contribution >= 4 is 11.7 Å². The summed E-state index contributed by atoms with van der Waals surface area (Å²) < 4.78 is 13.3. The highest BCUT2D eigenvalue weighted by Crippen LogP contribution is 2.29. The minimum Gasteiger partial charge on any atom is -0.376 e. The van der Waals surface area contributed by atoms with Gasteiger partial charge >= 0.3 is 0 Å². The van der Waals surface area contributed by atoms with Gasteiger partial charge in [-0.05, 0) is 23.6 Å². The summed E-state index contributed by atoms with van der Waals surface area (Å²) in [4.78, 5) is 26.8. The molecule has 2 atom stereocenters. The Kier molecular flexibility index (Phi) is 8.37. The van der Waals surface area contributed by atoms with E-state index in [0.717, 1.165) is 17.1 Å². The number of hydrogen-bond donors (Lipinski definition) is 0. The zero-order chi connectivity index (χ0) is 24.1. The smallest absolute Gasteiger partial charge is 0.223 e. The Balaban J connectivity index is 1.89. The van der Waals surface area contributed by atoms with E-state index in [2.05, 4.69) is 36.3 Å². The Morgan fingerprint density at radius 2 is 1.76 bits per heavy atom. The first-order valence-corrected chi connectivity index (χ1v) is 11.7. The molecule has 1 aromatic carbocycles. The van der Waals surface area contributed by atoms with Gasteiger partial charge in [0, 0.05) is 52.5 Å². The lowest BCUT2D eigenvalue weighted by molar-refractivity contribution is -0.137. The number of amides is 1. The molecule has 0 saturated carbocycles. The van der Waals surface area contributed by atoms with Gasteiger partial charge in [-0.15, -0.1) is 5.10 Å². The topological polar surface area (TPSA) is 86.5 Å². The van der Waals surface area contributed by atoms with Crippen molar-refractivity contribution in [3.05, 3.63) is 41.2 Å². The maximum absolute atomic E-state index is 13.0. The lowest BCUT2D eigenvalue weighted by atomic mass is 10.0.